The fourth-order valence-electron chi connectivity index (χ4n) is 3.38. The van der Waals surface area contributed by atoms with Crippen molar-refractivity contribution in [3.63, 3.8) is 0 Å². The van der Waals surface area contributed by atoms with Crippen LogP contribution in [-0.2, 0) is 32.4 Å². The van der Waals surface area contributed by atoms with Crippen molar-refractivity contribution in [1.82, 2.24) is 9.55 Å². The lowest BCUT2D eigenvalue weighted by Gasteiger charge is -2.37. The highest BCUT2D eigenvalue weighted by atomic mass is 31.2. The van der Waals surface area contributed by atoms with Crippen LogP contribution in [0, 0.1) is 5.92 Å². The van der Waals surface area contributed by atoms with Crippen molar-refractivity contribution in [2.24, 2.45) is 5.92 Å². The highest BCUT2D eigenvalue weighted by Crippen LogP contribution is 2.62. The zero-order valence-corrected chi connectivity index (χ0v) is 18.9. The molecule has 0 spiro atoms. The van der Waals surface area contributed by atoms with Crippen molar-refractivity contribution in [1.29, 1.82) is 0 Å². The van der Waals surface area contributed by atoms with Crippen LogP contribution in [-0.4, -0.2) is 57.5 Å². The Labute approximate surface area is 182 Å². The molecular formula is C18H26FN2O10P. The van der Waals surface area contributed by atoms with Gasteiger partial charge in [0, 0.05) is 12.3 Å². The topological polar surface area (TPSA) is 155 Å². The highest BCUT2D eigenvalue weighted by molar-refractivity contribution is 7.48. The van der Waals surface area contributed by atoms with Crippen LogP contribution in [0.5, 0.6) is 0 Å². The molecule has 2 aliphatic rings. The number of alkyl halides is 1. The number of hydrogen-bond donors (Lipinski definition) is 2. The Balaban J connectivity index is 1.71. The molecule has 2 fully saturated rings. The first-order chi connectivity index (χ1) is 14.8. The van der Waals surface area contributed by atoms with E-state index in [0.29, 0.717) is 0 Å². The summed E-state index contributed by atoms with van der Waals surface area (Å²) in [5.41, 5.74) is -3.85. The van der Waals surface area contributed by atoms with E-state index in [0.717, 1.165) is 23.8 Å². The molecule has 0 unspecified atom stereocenters. The molecule has 2 saturated heterocycles. The number of carbonyl (C=O) groups excluding carboxylic acids is 1. The highest BCUT2D eigenvalue weighted by Gasteiger charge is 2.69. The van der Waals surface area contributed by atoms with Gasteiger partial charge >= 0.3 is 19.5 Å². The van der Waals surface area contributed by atoms with E-state index in [1.54, 1.807) is 20.8 Å². The smallest absolute Gasteiger partial charge is 0.463 e. The van der Waals surface area contributed by atoms with Crippen LogP contribution in [0.15, 0.2) is 21.9 Å². The van der Waals surface area contributed by atoms with E-state index in [2.05, 4.69) is 0 Å². The average Bonchev–Trinajstić information content (AvgIpc) is 2.88. The second kappa shape index (κ2) is 8.81. The van der Waals surface area contributed by atoms with Crippen molar-refractivity contribution >= 4 is 13.8 Å². The van der Waals surface area contributed by atoms with E-state index in [9.17, 15) is 24.1 Å². The molecule has 12 nitrogen and oxygen atoms in total. The summed E-state index contributed by atoms with van der Waals surface area (Å²) in [6.07, 6.45) is -2.62. The van der Waals surface area contributed by atoms with Gasteiger partial charge in [0.15, 0.2) is 12.3 Å². The number of aliphatic hydroxyl groups is 1. The first-order valence-electron chi connectivity index (χ1n) is 9.96. The minimum atomic E-state index is -4.34. The lowest BCUT2D eigenvalue weighted by molar-refractivity contribution is -0.220. The number of phosphoric acid groups is 1. The molecule has 0 bridgehead atoms. The summed E-state index contributed by atoms with van der Waals surface area (Å²) in [5, 5.41) is 10.9. The predicted molar refractivity (Wildman–Crippen MR) is 105 cm³/mol. The standard InChI is InChI=1S/C18H26FN2O10P/c1-10(2)29-13(23)11(3)6-8-27-32(26)28-9-18(19)14(31-32)17(4,25)15(30-18)21-7-5-12(22)20-16(21)24/h5,7,10-11,14-15,25H,6,8-9H2,1-4H3,(H,20,22,24)/t11-,14+,15-,17-,18-,32+/m1/s1. The number of aromatic amines is 1. The van der Waals surface area contributed by atoms with Gasteiger partial charge in [-0.3, -0.25) is 32.7 Å². The average molecular weight is 480 g/mol. The molecule has 0 aromatic carbocycles. The van der Waals surface area contributed by atoms with Gasteiger partial charge in [-0.05, 0) is 27.2 Å². The van der Waals surface area contributed by atoms with Gasteiger partial charge in [0.05, 0.1) is 18.6 Å². The van der Waals surface area contributed by atoms with E-state index in [4.69, 9.17) is 23.0 Å². The van der Waals surface area contributed by atoms with Crippen molar-refractivity contribution in [3.8, 4) is 0 Å². The Morgan fingerprint density at radius 1 is 1.44 bits per heavy atom. The van der Waals surface area contributed by atoms with Gasteiger partial charge in [0.1, 0.15) is 12.2 Å². The number of H-pyrrole nitrogens is 1. The lowest BCUT2D eigenvalue weighted by Crippen LogP contribution is -2.53. The first-order valence-corrected chi connectivity index (χ1v) is 11.4. The van der Waals surface area contributed by atoms with E-state index >= 15 is 4.39 Å². The molecule has 3 rings (SSSR count). The zero-order chi connectivity index (χ0) is 23.9. The van der Waals surface area contributed by atoms with Crippen molar-refractivity contribution in [2.75, 3.05) is 13.2 Å². The van der Waals surface area contributed by atoms with Gasteiger partial charge in [0.25, 0.3) is 11.4 Å². The lowest BCUT2D eigenvalue weighted by atomic mass is 9.95. The maximum absolute atomic E-state index is 15.4. The second-order valence-corrected chi connectivity index (χ2v) is 9.84. The first kappa shape index (κ1) is 24.7. The van der Waals surface area contributed by atoms with Crippen LogP contribution in [0.3, 0.4) is 0 Å². The molecule has 1 aromatic rings. The third kappa shape index (κ3) is 4.87. The van der Waals surface area contributed by atoms with Crippen LogP contribution in [0.4, 0.5) is 4.39 Å². The molecule has 14 heteroatoms. The predicted octanol–water partition coefficient (Wildman–Crippen LogP) is 1.00. The Hall–Kier alpha value is -1.89. The molecule has 1 aromatic heterocycles. The second-order valence-electron chi connectivity index (χ2n) is 8.21. The summed E-state index contributed by atoms with van der Waals surface area (Å²) in [6.45, 7) is 4.99. The summed E-state index contributed by atoms with van der Waals surface area (Å²) in [7, 11) is -4.34. The molecular weight excluding hydrogens is 454 g/mol. The number of carbonyl (C=O) groups is 1. The Bertz CT molecular complexity index is 1020. The van der Waals surface area contributed by atoms with E-state index < -0.39 is 61.4 Å². The fraction of sp³-hybridized carbons (Fsp3) is 0.722. The van der Waals surface area contributed by atoms with E-state index in [1.807, 2.05) is 4.98 Å². The Kier molecular flexibility index (Phi) is 6.81. The molecule has 180 valence electrons. The van der Waals surface area contributed by atoms with Crippen molar-refractivity contribution in [3.05, 3.63) is 33.1 Å². The van der Waals surface area contributed by atoms with Crippen LogP contribution >= 0.6 is 7.82 Å². The summed E-state index contributed by atoms with van der Waals surface area (Å²) >= 11 is 0. The summed E-state index contributed by atoms with van der Waals surface area (Å²) < 4.78 is 54.6. The van der Waals surface area contributed by atoms with E-state index in [1.165, 1.54) is 0 Å². The number of halogens is 1. The zero-order valence-electron chi connectivity index (χ0n) is 18.0. The van der Waals surface area contributed by atoms with Crippen LogP contribution < -0.4 is 11.2 Å². The number of nitrogens with one attached hydrogen (secondary N) is 1. The quantitative estimate of drug-likeness (QED) is 0.426. The van der Waals surface area contributed by atoms with Crippen LogP contribution in [0.2, 0.25) is 0 Å². The largest absolute Gasteiger partial charge is 0.475 e. The van der Waals surface area contributed by atoms with Crippen molar-refractivity contribution in [2.45, 2.75) is 64.0 Å². The van der Waals surface area contributed by atoms with Gasteiger partial charge in [-0.15, -0.1) is 0 Å². The molecule has 2 aliphatic heterocycles. The molecule has 0 saturated carbocycles. The Morgan fingerprint density at radius 3 is 2.75 bits per heavy atom. The normalized spacial score (nSPS) is 35.5. The van der Waals surface area contributed by atoms with Gasteiger partial charge in [-0.1, -0.05) is 6.92 Å². The minimum absolute atomic E-state index is 0.121. The third-order valence-electron chi connectivity index (χ3n) is 5.04. The van der Waals surface area contributed by atoms with Gasteiger partial charge in [0.2, 0.25) is 0 Å². The molecule has 3 heterocycles. The SMILES string of the molecule is CC(C)OC(=O)[C@H](C)CCO[P@@]1(=O)OC[C@@]2(F)O[C@@H](n3ccc(=O)[nH]c3=O)[C@](C)(O)[C@@H]2O1. The number of nitrogens with zero attached hydrogens (tertiary/aromatic N) is 1. The Morgan fingerprint density at radius 2 is 2.12 bits per heavy atom. The van der Waals surface area contributed by atoms with Gasteiger partial charge < -0.3 is 14.6 Å². The number of phosphoric ester groups is 1. The summed E-state index contributed by atoms with van der Waals surface area (Å²) in [5.74, 6) is -3.78. The number of fused-ring (bicyclic) bond motifs is 1. The number of hydrogen-bond acceptors (Lipinski definition) is 10. The number of rotatable bonds is 7. The third-order valence-corrected chi connectivity index (χ3v) is 6.46. The van der Waals surface area contributed by atoms with Crippen LogP contribution in [0.25, 0.3) is 0 Å². The molecule has 32 heavy (non-hydrogen) atoms. The number of esters is 1. The summed E-state index contributed by atoms with van der Waals surface area (Å²) in [6, 6.07) is 0.991. The molecule has 0 radical (unpaired) electrons. The van der Waals surface area contributed by atoms with Gasteiger partial charge in [-0.25, -0.2) is 13.8 Å². The molecule has 2 N–H and O–H groups in total. The maximum atomic E-state index is 15.4. The number of ether oxygens (including phenoxy) is 2. The van der Waals surface area contributed by atoms with Crippen molar-refractivity contribution < 1.29 is 41.9 Å². The molecule has 6 atom stereocenters. The monoisotopic (exact) mass is 480 g/mol. The maximum Gasteiger partial charge on any atom is 0.475 e. The summed E-state index contributed by atoms with van der Waals surface area (Å²) in [4.78, 5) is 37.2. The fourth-order valence-corrected chi connectivity index (χ4v) is 4.87. The number of aromatic nitrogens is 2. The minimum Gasteiger partial charge on any atom is -0.463 e. The molecule has 0 amide bonds. The van der Waals surface area contributed by atoms with Crippen LogP contribution in [0.1, 0.15) is 40.3 Å². The molecule has 0 aliphatic carbocycles. The van der Waals surface area contributed by atoms with E-state index in [-0.39, 0.29) is 19.1 Å². The van der Waals surface area contributed by atoms with Gasteiger partial charge in [-0.2, -0.15) is 0 Å².